The van der Waals surface area contributed by atoms with Gasteiger partial charge in [-0.25, -0.2) is 9.50 Å². The molecule has 1 fully saturated rings. The average Bonchev–Trinajstić information content (AvgIpc) is 2.96. The minimum atomic E-state index is 0.487. The molecule has 0 aliphatic carbocycles. The van der Waals surface area contributed by atoms with Gasteiger partial charge in [0.05, 0.1) is 5.25 Å². The van der Waals surface area contributed by atoms with E-state index in [0.29, 0.717) is 11.8 Å². The fourth-order valence-corrected chi connectivity index (χ4v) is 3.18. The Hall–Kier alpha value is -1.07. The van der Waals surface area contributed by atoms with Gasteiger partial charge < -0.3 is 5.73 Å². The third-order valence-electron chi connectivity index (χ3n) is 2.86. The predicted octanol–water partition coefficient (Wildman–Crippen LogP) is 1.76. The number of hydrogen-bond acceptors (Lipinski definition) is 4. The van der Waals surface area contributed by atoms with Gasteiger partial charge in [0.25, 0.3) is 0 Å². The third-order valence-corrected chi connectivity index (χ3v) is 4.24. The molecular weight excluding hydrogens is 220 g/mol. The highest BCUT2D eigenvalue weighted by Crippen LogP contribution is 2.38. The highest BCUT2D eigenvalue weighted by molar-refractivity contribution is 7.99. The normalized spacial score (nSPS) is 20.7. The van der Waals surface area contributed by atoms with Crippen LogP contribution in [0.1, 0.15) is 29.5 Å². The van der Waals surface area contributed by atoms with E-state index >= 15 is 0 Å². The molecule has 1 atom stereocenters. The van der Waals surface area contributed by atoms with Crippen molar-refractivity contribution in [1.29, 1.82) is 0 Å². The maximum Gasteiger partial charge on any atom is 0.164 e. The Bertz CT molecular complexity index is 502. The second kappa shape index (κ2) is 4.07. The fourth-order valence-electron chi connectivity index (χ4n) is 1.98. The van der Waals surface area contributed by atoms with Crippen LogP contribution in [0.2, 0.25) is 0 Å². The molecule has 1 unspecified atom stereocenters. The second-order valence-electron chi connectivity index (χ2n) is 4.02. The molecule has 5 heteroatoms. The van der Waals surface area contributed by atoms with Crippen molar-refractivity contribution >= 4 is 17.4 Å². The quantitative estimate of drug-likeness (QED) is 0.860. The van der Waals surface area contributed by atoms with Crippen LogP contribution in [0.15, 0.2) is 18.3 Å². The van der Waals surface area contributed by atoms with Crippen LogP contribution in [0.5, 0.6) is 0 Å². The molecule has 16 heavy (non-hydrogen) atoms. The molecule has 1 aliphatic heterocycles. The van der Waals surface area contributed by atoms with E-state index < -0.39 is 0 Å². The molecule has 0 amide bonds. The molecule has 2 N–H and O–H groups in total. The van der Waals surface area contributed by atoms with E-state index in [1.807, 2.05) is 34.6 Å². The summed E-state index contributed by atoms with van der Waals surface area (Å²) in [5, 5.41) is 5.02. The zero-order valence-electron chi connectivity index (χ0n) is 8.97. The lowest BCUT2D eigenvalue weighted by Gasteiger charge is -1.99. The molecule has 0 saturated carbocycles. The SMILES string of the molecule is NCc1ccc2nc(C3CCCS3)nn2c1. The predicted molar refractivity (Wildman–Crippen MR) is 65.3 cm³/mol. The van der Waals surface area contributed by atoms with Gasteiger partial charge in [-0.2, -0.15) is 16.9 Å². The van der Waals surface area contributed by atoms with Crippen LogP contribution in [-0.2, 0) is 6.54 Å². The molecule has 0 radical (unpaired) electrons. The monoisotopic (exact) mass is 234 g/mol. The fraction of sp³-hybridized carbons (Fsp3) is 0.455. The van der Waals surface area contributed by atoms with Gasteiger partial charge in [-0.15, -0.1) is 0 Å². The Morgan fingerprint density at radius 3 is 3.19 bits per heavy atom. The lowest BCUT2D eigenvalue weighted by molar-refractivity contribution is 0.769. The minimum absolute atomic E-state index is 0.487. The zero-order valence-corrected chi connectivity index (χ0v) is 9.78. The van der Waals surface area contributed by atoms with Gasteiger partial charge in [-0.3, -0.25) is 0 Å². The van der Waals surface area contributed by atoms with E-state index in [9.17, 15) is 0 Å². The maximum absolute atomic E-state index is 5.60. The van der Waals surface area contributed by atoms with Crippen molar-refractivity contribution in [3.8, 4) is 0 Å². The highest BCUT2D eigenvalue weighted by Gasteiger charge is 2.21. The molecule has 0 aromatic carbocycles. The first-order valence-electron chi connectivity index (χ1n) is 5.54. The molecule has 3 rings (SSSR count). The van der Waals surface area contributed by atoms with Crippen LogP contribution >= 0.6 is 11.8 Å². The molecule has 84 valence electrons. The Morgan fingerprint density at radius 1 is 1.50 bits per heavy atom. The van der Waals surface area contributed by atoms with Crippen molar-refractivity contribution in [2.75, 3.05) is 5.75 Å². The van der Waals surface area contributed by atoms with Gasteiger partial charge in [0.15, 0.2) is 11.5 Å². The van der Waals surface area contributed by atoms with Crippen molar-refractivity contribution in [3.63, 3.8) is 0 Å². The van der Waals surface area contributed by atoms with E-state index in [0.717, 1.165) is 17.0 Å². The Balaban J connectivity index is 2.01. The van der Waals surface area contributed by atoms with Gasteiger partial charge in [0.1, 0.15) is 0 Å². The molecule has 3 heterocycles. The van der Waals surface area contributed by atoms with E-state index in [1.165, 1.54) is 18.6 Å². The molecular formula is C11H14N4S. The number of pyridine rings is 1. The molecule has 1 saturated heterocycles. The van der Waals surface area contributed by atoms with Crippen LogP contribution < -0.4 is 5.73 Å². The first kappa shape index (κ1) is 10.1. The number of hydrogen-bond donors (Lipinski definition) is 1. The van der Waals surface area contributed by atoms with Crippen LogP contribution in [0.4, 0.5) is 0 Å². The molecule has 0 spiro atoms. The Kier molecular flexibility index (Phi) is 2.57. The minimum Gasteiger partial charge on any atom is -0.326 e. The maximum atomic E-state index is 5.60. The van der Waals surface area contributed by atoms with Crippen molar-refractivity contribution < 1.29 is 0 Å². The van der Waals surface area contributed by atoms with Gasteiger partial charge in [-0.05, 0) is 30.2 Å². The van der Waals surface area contributed by atoms with E-state index in [1.54, 1.807) is 0 Å². The number of nitrogens with zero attached hydrogens (tertiary/aromatic N) is 3. The number of nitrogens with two attached hydrogens (primary N) is 1. The molecule has 1 aliphatic rings. The van der Waals surface area contributed by atoms with Crippen LogP contribution in [0, 0.1) is 0 Å². The summed E-state index contributed by atoms with van der Waals surface area (Å²) in [7, 11) is 0. The topological polar surface area (TPSA) is 56.2 Å². The van der Waals surface area contributed by atoms with E-state index in [4.69, 9.17) is 5.73 Å². The van der Waals surface area contributed by atoms with Gasteiger partial charge >= 0.3 is 0 Å². The van der Waals surface area contributed by atoms with Gasteiger partial charge in [0, 0.05) is 12.7 Å². The first-order valence-corrected chi connectivity index (χ1v) is 6.58. The smallest absolute Gasteiger partial charge is 0.164 e. The summed E-state index contributed by atoms with van der Waals surface area (Å²) in [6.45, 7) is 0.545. The summed E-state index contributed by atoms with van der Waals surface area (Å²) >= 11 is 1.96. The zero-order chi connectivity index (χ0) is 11.0. The number of thioether (sulfide) groups is 1. The number of rotatable bonds is 2. The van der Waals surface area contributed by atoms with Crippen LogP contribution in [0.3, 0.4) is 0 Å². The van der Waals surface area contributed by atoms with Gasteiger partial charge in [-0.1, -0.05) is 6.07 Å². The summed E-state index contributed by atoms with van der Waals surface area (Å²) in [4.78, 5) is 4.56. The van der Waals surface area contributed by atoms with E-state index in [2.05, 4.69) is 10.1 Å². The summed E-state index contributed by atoms with van der Waals surface area (Å²) in [6.07, 6.45) is 4.44. The summed E-state index contributed by atoms with van der Waals surface area (Å²) in [5.74, 6) is 2.20. The summed E-state index contributed by atoms with van der Waals surface area (Å²) < 4.78 is 1.84. The highest BCUT2D eigenvalue weighted by atomic mass is 32.2. The van der Waals surface area contributed by atoms with Gasteiger partial charge in [0.2, 0.25) is 0 Å². The third kappa shape index (κ3) is 1.70. The van der Waals surface area contributed by atoms with Crippen LogP contribution in [-0.4, -0.2) is 20.4 Å². The standard InChI is InChI=1S/C11H14N4S/c12-6-8-3-4-10-13-11(14-15(10)7-8)9-2-1-5-16-9/h3-4,7,9H,1-2,5-6,12H2. The van der Waals surface area contributed by atoms with Crippen molar-refractivity contribution in [2.24, 2.45) is 5.73 Å². The molecule has 2 aromatic heterocycles. The van der Waals surface area contributed by atoms with Crippen molar-refractivity contribution in [1.82, 2.24) is 14.6 Å². The second-order valence-corrected chi connectivity index (χ2v) is 5.33. The average molecular weight is 234 g/mol. The summed E-state index contributed by atoms with van der Waals surface area (Å²) in [5.41, 5.74) is 7.61. The number of fused-ring (bicyclic) bond motifs is 1. The lowest BCUT2D eigenvalue weighted by Crippen LogP contribution is -1.99. The van der Waals surface area contributed by atoms with Crippen molar-refractivity contribution in [2.45, 2.75) is 24.6 Å². The molecule has 2 aromatic rings. The van der Waals surface area contributed by atoms with Crippen LogP contribution in [0.25, 0.3) is 5.65 Å². The Morgan fingerprint density at radius 2 is 2.44 bits per heavy atom. The van der Waals surface area contributed by atoms with E-state index in [-0.39, 0.29) is 0 Å². The molecule has 4 nitrogen and oxygen atoms in total. The lowest BCUT2D eigenvalue weighted by atomic mass is 10.2. The van der Waals surface area contributed by atoms with Crippen molar-refractivity contribution in [3.05, 3.63) is 29.7 Å². The Labute approximate surface area is 98.2 Å². The number of aromatic nitrogens is 3. The summed E-state index contributed by atoms with van der Waals surface area (Å²) in [6, 6.07) is 3.99. The largest absolute Gasteiger partial charge is 0.326 e. The molecule has 0 bridgehead atoms. The first-order chi connectivity index (χ1) is 7.86.